The quantitative estimate of drug-likeness (QED) is 0.820. The van der Waals surface area contributed by atoms with E-state index in [4.69, 9.17) is 5.73 Å². The van der Waals surface area contributed by atoms with Crippen molar-refractivity contribution in [1.29, 1.82) is 0 Å². The van der Waals surface area contributed by atoms with Gasteiger partial charge in [0.1, 0.15) is 0 Å². The molecule has 0 unspecified atom stereocenters. The van der Waals surface area contributed by atoms with Crippen LogP contribution in [0.4, 0.5) is 5.95 Å². The molecule has 0 saturated heterocycles. The third kappa shape index (κ3) is 2.27. The van der Waals surface area contributed by atoms with Gasteiger partial charge in [0.2, 0.25) is 5.95 Å². The number of nitrogens with one attached hydrogen (secondary N) is 1. The van der Waals surface area contributed by atoms with Crippen molar-refractivity contribution < 1.29 is 0 Å². The predicted molar refractivity (Wildman–Crippen MR) is 62.8 cm³/mol. The van der Waals surface area contributed by atoms with E-state index in [0.29, 0.717) is 12.5 Å². The Bertz CT molecular complexity index is 453. The van der Waals surface area contributed by atoms with Crippen molar-refractivity contribution in [2.45, 2.75) is 6.42 Å². The van der Waals surface area contributed by atoms with E-state index in [1.165, 1.54) is 0 Å². The maximum absolute atomic E-state index is 5.40. The molecular formula is C9H12BrN5. The molecule has 2 aromatic heterocycles. The number of aromatic nitrogens is 3. The summed E-state index contributed by atoms with van der Waals surface area (Å²) in [5.41, 5.74) is 6.21. The smallest absolute Gasteiger partial charge is 0.243 e. The Labute approximate surface area is 95.8 Å². The Morgan fingerprint density at radius 1 is 1.53 bits per heavy atom. The van der Waals surface area contributed by atoms with Gasteiger partial charge in [-0.15, -0.1) is 5.10 Å². The van der Waals surface area contributed by atoms with Gasteiger partial charge in [-0.2, -0.15) is 4.98 Å². The second-order valence-electron chi connectivity index (χ2n) is 3.13. The van der Waals surface area contributed by atoms with Gasteiger partial charge < -0.3 is 11.1 Å². The predicted octanol–water partition coefficient (Wildman–Crippen LogP) is 1.25. The minimum Gasteiger partial charge on any atom is -0.353 e. The van der Waals surface area contributed by atoms with Gasteiger partial charge in [-0.25, -0.2) is 4.52 Å². The van der Waals surface area contributed by atoms with Crippen LogP contribution in [0.1, 0.15) is 6.42 Å². The van der Waals surface area contributed by atoms with Gasteiger partial charge in [-0.05, 0) is 41.0 Å². The summed E-state index contributed by atoms with van der Waals surface area (Å²) in [5, 5.41) is 7.39. The summed E-state index contributed by atoms with van der Waals surface area (Å²) >= 11 is 3.42. The number of fused-ring (bicyclic) bond motifs is 1. The van der Waals surface area contributed by atoms with Gasteiger partial charge in [0.15, 0.2) is 5.65 Å². The van der Waals surface area contributed by atoms with Crippen molar-refractivity contribution in [3.63, 3.8) is 0 Å². The summed E-state index contributed by atoms with van der Waals surface area (Å²) in [4.78, 5) is 4.34. The molecular weight excluding hydrogens is 258 g/mol. The molecule has 0 aliphatic rings. The van der Waals surface area contributed by atoms with E-state index in [2.05, 4.69) is 31.3 Å². The zero-order chi connectivity index (χ0) is 10.7. The van der Waals surface area contributed by atoms with Crippen LogP contribution in [0.15, 0.2) is 22.8 Å². The second kappa shape index (κ2) is 4.59. The summed E-state index contributed by atoms with van der Waals surface area (Å²) in [6.07, 6.45) is 2.78. The van der Waals surface area contributed by atoms with Crippen molar-refractivity contribution in [2.24, 2.45) is 5.73 Å². The number of rotatable bonds is 4. The molecule has 0 bridgehead atoms. The highest BCUT2D eigenvalue weighted by molar-refractivity contribution is 9.10. The highest BCUT2D eigenvalue weighted by Gasteiger charge is 2.04. The Balaban J connectivity index is 2.20. The molecule has 0 fully saturated rings. The molecule has 3 N–H and O–H groups in total. The third-order valence-electron chi connectivity index (χ3n) is 1.98. The molecule has 0 aromatic carbocycles. The number of pyridine rings is 1. The molecule has 2 aromatic rings. The number of anilines is 1. The fraction of sp³-hybridized carbons (Fsp3) is 0.333. The van der Waals surface area contributed by atoms with E-state index in [1.54, 1.807) is 4.52 Å². The molecule has 0 radical (unpaired) electrons. The van der Waals surface area contributed by atoms with Crippen LogP contribution in [-0.4, -0.2) is 27.7 Å². The lowest BCUT2D eigenvalue weighted by Gasteiger charge is -1.97. The second-order valence-corrected chi connectivity index (χ2v) is 3.98. The molecule has 0 spiro atoms. The molecule has 6 heteroatoms. The zero-order valence-corrected chi connectivity index (χ0v) is 9.74. The highest BCUT2D eigenvalue weighted by Crippen LogP contribution is 2.16. The Hall–Kier alpha value is -1.14. The topological polar surface area (TPSA) is 68.2 Å². The molecule has 15 heavy (non-hydrogen) atoms. The van der Waals surface area contributed by atoms with Crippen LogP contribution >= 0.6 is 15.9 Å². The van der Waals surface area contributed by atoms with Crippen molar-refractivity contribution in [3.8, 4) is 0 Å². The fourth-order valence-corrected chi connectivity index (χ4v) is 1.67. The van der Waals surface area contributed by atoms with E-state index >= 15 is 0 Å². The van der Waals surface area contributed by atoms with Gasteiger partial charge in [-0.1, -0.05) is 0 Å². The van der Waals surface area contributed by atoms with Crippen LogP contribution < -0.4 is 11.1 Å². The first-order valence-corrected chi connectivity index (χ1v) is 5.55. The normalized spacial score (nSPS) is 10.8. The molecule has 0 aliphatic carbocycles. The maximum atomic E-state index is 5.40. The molecule has 0 amide bonds. The van der Waals surface area contributed by atoms with Crippen molar-refractivity contribution in [3.05, 3.63) is 22.8 Å². The lowest BCUT2D eigenvalue weighted by molar-refractivity contribution is 0.859. The van der Waals surface area contributed by atoms with Crippen molar-refractivity contribution >= 4 is 27.5 Å². The Morgan fingerprint density at radius 2 is 2.40 bits per heavy atom. The minimum absolute atomic E-state index is 0.635. The van der Waals surface area contributed by atoms with Crippen molar-refractivity contribution in [1.82, 2.24) is 14.6 Å². The zero-order valence-electron chi connectivity index (χ0n) is 8.15. The Kier molecular flexibility index (Phi) is 3.17. The Morgan fingerprint density at radius 3 is 3.13 bits per heavy atom. The average molecular weight is 270 g/mol. The van der Waals surface area contributed by atoms with Crippen LogP contribution in [-0.2, 0) is 0 Å². The average Bonchev–Trinajstić information content (AvgIpc) is 2.63. The lowest BCUT2D eigenvalue weighted by atomic mass is 10.4. The molecule has 0 aliphatic heterocycles. The molecule has 0 atom stereocenters. The first-order chi connectivity index (χ1) is 7.31. The number of nitrogens with two attached hydrogens (primary N) is 1. The van der Waals surface area contributed by atoms with Gasteiger partial charge in [-0.3, -0.25) is 0 Å². The van der Waals surface area contributed by atoms with Gasteiger partial charge in [0.05, 0.1) is 4.47 Å². The largest absolute Gasteiger partial charge is 0.353 e. The van der Waals surface area contributed by atoms with Gasteiger partial charge in [0.25, 0.3) is 0 Å². The summed E-state index contributed by atoms with van der Waals surface area (Å²) in [6, 6.07) is 3.85. The van der Waals surface area contributed by atoms with Gasteiger partial charge >= 0.3 is 0 Å². The first-order valence-electron chi connectivity index (χ1n) is 4.76. The standard InChI is InChI=1S/C9H12BrN5/c10-7-3-1-6-15-8(7)13-9(14-15)12-5-2-4-11/h1,3,6H,2,4-5,11H2,(H,12,14). The maximum Gasteiger partial charge on any atom is 0.243 e. The summed E-state index contributed by atoms with van der Waals surface area (Å²) in [6.45, 7) is 1.47. The molecule has 80 valence electrons. The van der Waals surface area contributed by atoms with E-state index in [1.807, 2.05) is 18.3 Å². The van der Waals surface area contributed by atoms with Gasteiger partial charge in [0, 0.05) is 12.7 Å². The van der Waals surface area contributed by atoms with E-state index < -0.39 is 0 Å². The SMILES string of the molecule is NCCCNc1nc2c(Br)cccn2n1. The number of hydrogen-bond donors (Lipinski definition) is 2. The number of hydrogen-bond acceptors (Lipinski definition) is 4. The molecule has 5 nitrogen and oxygen atoms in total. The summed E-state index contributed by atoms with van der Waals surface area (Å²) < 4.78 is 2.67. The van der Waals surface area contributed by atoms with E-state index in [-0.39, 0.29) is 0 Å². The molecule has 0 saturated carbocycles. The lowest BCUT2D eigenvalue weighted by Crippen LogP contribution is -2.09. The van der Waals surface area contributed by atoms with Crippen LogP contribution in [0.3, 0.4) is 0 Å². The molecule has 2 rings (SSSR count). The highest BCUT2D eigenvalue weighted by atomic mass is 79.9. The number of nitrogens with zero attached hydrogens (tertiary/aromatic N) is 3. The first kappa shape index (κ1) is 10.4. The van der Waals surface area contributed by atoms with Crippen LogP contribution in [0.5, 0.6) is 0 Å². The van der Waals surface area contributed by atoms with Crippen LogP contribution in [0.2, 0.25) is 0 Å². The fourth-order valence-electron chi connectivity index (χ4n) is 1.25. The van der Waals surface area contributed by atoms with E-state index in [0.717, 1.165) is 23.1 Å². The summed E-state index contributed by atoms with van der Waals surface area (Å²) in [5.74, 6) is 0.635. The van der Waals surface area contributed by atoms with Crippen LogP contribution in [0.25, 0.3) is 5.65 Å². The monoisotopic (exact) mass is 269 g/mol. The third-order valence-corrected chi connectivity index (χ3v) is 2.60. The van der Waals surface area contributed by atoms with Crippen LogP contribution in [0, 0.1) is 0 Å². The minimum atomic E-state index is 0.635. The number of halogens is 1. The van der Waals surface area contributed by atoms with E-state index in [9.17, 15) is 0 Å². The summed E-state index contributed by atoms with van der Waals surface area (Å²) in [7, 11) is 0. The van der Waals surface area contributed by atoms with Crippen molar-refractivity contribution in [2.75, 3.05) is 18.4 Å². The molecule has 2 heterocycles.